The fraction of sp³-hybridized carbons (Fsp3) is 0.125. The Hall–Kier alpha value is -3.13. The van der Waals surface area contributed by atoms with Crippen molar-refractivity contribution >= 4 is 35.1 Å². The summed E-state index contributed by atoms with van der Waals surface area (Å²) in [6, 6.07) is 9.08. The van der Waals surface area contributed by atoms with Gasteiger partial charge in [-0.2, -0.15) is 9.97 Å². The zero-order chi connectivity index (χ0) is 17.8. The molecule has 0 radical (unpaired) electrons. The molecule has 0 bridgehead atoms. The smallest absolute Gasteiger partial charge is 0.222 e. The Balaban J connectivity index is 1.85. The molecular formula is C16H17ClN8. The lowest BCUT2D eigenvalue weighted by atomic mass is 10.0. The summed E-state index contributed by atoms with van der Waals surface area (Å²) in [5.74, 6) is 1.30. The molecule has 9 heteroatoms. The minimum Gasteiger partial charge on any atom is -0.383 e. The van der Waals surface area contributed by atoms with Gasteiger partial charge < -0.3 is 22.5 Å². The Morgan fingerprint density at radius 1 is 1.00 bits per heavy atom. The second-order valence-corrected chi connectivity index (χ2v) is 5.72. The van der Waals surface area contributed by atoms with Crippen LogP contribution in [-0.2, 0) is 6.42 Å². The van der Waals surface area contributed by atoms with E-state index in [0.29, 0.717) is 35.3 Å². The highest BCUT2D eigenvalue weighted by atomic mass is 35.5. The molecule has 0 saturated carbocycles. The summed E-state index contributed by atoms with van der Waals surface area (Å²) < 4.78 is 0. The molecule has 2 aromatic heterocycles. The summed E-state index contributed by atoms with van der Waals surface area (Å²) in [6.07, 6.45) is 2.15. The Kier molecular flexibility index (Phi) is 4.80. The van der Waals surface area contributed by atoms with Gasteiger partial charge in [-0.25, -0.2) is 9.97 Å². The predicted octanol–water partition coefficient (Wildman–Crippen LogP) is 1.99. The number of nitrogen functional groups attached to an aromatic ring is 3. The van der Waals surface area contributed by atoms with Gasteiger partial charge in [0.15, 0.2) is 0 Å². The molecule has 0 spiro atoms. The van der Waals surface area contributed by atoms with Crippen LogP contribution in [0, 0.1) is 0 Å². The first-order valence-electron chi connectivity index (χ1n) is 7.53. The van der Waals surface area contributed by atoms with Crippen molar-refractivity contribution in [1.82, 2.24) is 19.9 Å². The van der Waals surface area contributed by atoms with Crippen LogP contribution in [-0.4, -0.2) is 26.5 Å². The molecule has 128 valence electrons. The lowest BCUT2D eigenvalue weighted by Gasteiger charge is -2.13. The quantitative estimate of drug-likeness (QED) is 0.543. The molecule has 0 aliphatic heterocycles. The highest BCUT2D eigenvalue weighted by Gasteiger charge is 2.13. The van der Waals surface area contributed by atoms with Crippen LogP contribution in [0.15, 0.2) is 36.5 Å². The second-order valence-electron chi connectivity index (χ2n) is 5.28. The molecule has 0 saturated heterocycles. The van der Waals surface area contributed by atoms with Gasteiger partial charge in [0, 0.05) is 28.9 Å². The Morgan fingerprint density at radius 2 is 1.84 bits per heavy atom. The minimum absolute atomic E-state index is 0.118. The largest absolute Gasteiger partial charge is 0.383 e. The zero-order valence-electron chi connectivity index (χ0n) is 13.3. The Morgan fingerprint density at radius 3 is 2.60 bits per heavy atom. The summed E-state index contributed by atoms with van der Waals surface area (Å²) in [4.78, 5) is 16.3. The van der Waals surface area contributed by atoms with Gasteiger partial charge in [-0.05, 0) is 24.6 Å². The van der Waals surface area contributed by atoms with Gasteiger partial charge >= 0.3 is 0 Å². The maximum absolute atomic E-state index is 6.08. The Labute approximate surface area is 149 Å². The molecule has 0 unspecified atom stereocenters. The fourth-order valence-corrected chi connectivity index (χ4v) is 2.62. The summed E-state index contributed by atoms with van der Waals surface area (Å²) in [5, 5.41) is 3.77. The van der Waals surface area contributed by atoms with Crippen LogP contribution in [0.3, 0.4) is 0 Å². The molecule has 25 heavy (non-hydrogen) atoms. The van der Waals surface area contributed by atoms with Crippen molar-refractivity contribution in [3.63, 3.8) is 0 Å². The first kappa shape index (κ1) is 16.7. The van der Waals surface area contributed by atoms with E-state index in [0.717, 1.165) is 11.1 Å². The average Bonchev–Trinajstić information content (AvgIpc) is 2.56. The highest BCUT2D eigenvalue weighted by molar-refractivity contribution is 6.30. The molecule has 0 aliphatic carbocycles. The van der Waals surface area contributed by atoms with Crippen molar-refractivity contribution in [2.75, 3.05) is 29.1 Å². The topological polar surface area (TPSA) is 142 Å². The number of rotatable bonds is 5. The van der Waals surface area contributed by atoms with Crippen LogP contribution < -0.4 is 22.5 Å². The summed E-state index contributed by atoms with van der Waals surface area (Å²) >= 11 is 6.08. The number of halogens is 1. The summed E-state index contributed by atoms with van der Waals surface area (Å²) in [6.45, 7) is 0.557. The molecule has 8 nitrogen and oxygen atoms in total. The van der Waals surface area contributed by atoms with Crippen molar-refractivity contribution in [2.24, 2.45) is 0 Å². The van der Waals surface area contributed by atoms with Crippen molar-refractivity contribution in [3.8, 4) is 11.3 Å². The van der Waals surface area contributed by atoms with Crippen LogP contribution in [0.4, 0.5) is 23.5 Å². The maximum atomic E-state index is 6.08. The van der Waals surface area contributed by atoms with E-state index in [-0.39, 0.29) is 11.9 Å². The van der Waals surface area contributed by atoms with Crippen LogP contribution in [0.5, 0.6) is 0 Å². The molecule has 3 rings (SSSR count). The molecule has 0 aliphatic rings. The van der Waals surface area contributed by atoms with E-state index in [4.69, 9.17) is 28.8 Å². The number of anilines is 4. The standard InChI is InChI=1S/C16H17ClN8/c17-10-3-1-2-9(8-10)13-11(14(18)25-16(20)24-13)4-6-21-12-5-7-22-15(19)23-12/h1-3,5,7-8H,4,6H2,(H4,18,20,24,25)(H3,19,21,22,23). The van der Waals surface area contributed by atoms with Gasteiger partial charge in [0.1, 0.15) is 11.6 Å². The average molecular weight is 357 g/mol. The van der Waals surface area contributed by atoms with E-state index >= 15 is 0 Å². The third-order valence-corrected chi connectivity index (χ3v) is 3.74. The molecule has 2 heterocycles. The second kappa shape index (κ2) is 7.18. The lowest BCUT2D eigenvalue weighted by Crippen LogP contribution is -2.12. The third kappa shape index (κ3) is 4.04. The normalized spacial score (nSPS) is 10.6. The lowest BCUT2D eigenvalue weighted by molar-refractivity contribution is 0.982. The fourth-order valence-electron chi connectivity index (χ4n) is 2.43. The SMILES string of the molecule is Nc1nccc(NCCc2c(N)nc(N)nc2-c2cccc(Cl)c2)n1. The van der Waals surface area contributed by atoms with E-state index in [1.165, 1.54) is 0 Å². The first-order valence-corrected chi connectivity index (χ1v) is 7.91. The number of nitrogens with one attached hydrogen (secondary N) is 1. The van der Waals surface area contributed by atoms with Crippen molar-refractivity contribution < 1.29 is 0 Å². The van der Waals surface area contributed by atoms with Crippen LogP contribution in [0.25, 0.3) is 11.3 Å². The number of aromatic nitrogens is 4. The summed E-state index contributed by atoms with van der Waals surface area (Å²) in [7, 11) is 0. The van der Waals surface area contributed by atoms with E-state index in [1.54, 1.807) is 18.3 Å². The van der Waals surface area contributed by atoms with Crippen molar-refractivity contribution in [1.29, 1.82) is 0 Å². The van der Waals surface area contributed by atoms with Crippen molar-refractivity contribution in [2.45, 2.75) is 6.42 Å². The number of nitrogens with zero attached hydrogens (tertiary/aromatic N) is 4. The van der Waals surface area contributed by atoms with Crippen LogP contribution in [0.2, 0.25) is 5.02 Å². The minimum atomic E-state index is 0.118. The number of hydrogen-bond donors (Lipinski definition) is 4. The monoisotopic (exact) mass is 356 g/mol. The number of hydrogen-bond acceptors (Lipinski definition) is 8. The number of nitrogens with two attached hydrogens (primary N) is 3. The van der Waals surface area contributed by atoms with Gasteiger partial charge in [0.25, 0.3) is 0 Å². The van der Waals surface area contributed by atoms with E-state index in [1.807, 2.05) is 18.2 Å². The first-order chi connectivity index (χ1) is 12.0. The van der Waals surface area contributed by atoms with Gasteiger partial charge in [0.05, 0.1) is 5.69 Å². The number of benzene rings is 1. The van der Waals surface area contributed by atoms with Crippen LogP contribution >= 0.6 is 11.6 Å². The van der Waals surface area contributed by atoms with Crippen LogP contribution in [0.1, 0.15) is 5.56 Å². The van der Waals surface area contributed by atoms with Gasteiger partial charge in [-0.15, -0.1) is 0 Å². The maximum Gasteiger partial charge on any atom is 0.222 e. The highest BCUT2D eigenvalue weighted by Crippen LogP contribution is 2.28. The Bertz CT molecular complexity index is 899. The van der Waals surface area contributed by atoms with E-state index < -0.39 is 0 Å². The molecule has 1 aromatic carbocycles. The van der Waals surface area contributed by atoms with E-state index in [9.17, 15) is 0 Å². The van der Waals surface area contributed by atoms with Gasteiger partial charge in [-0.1, -0.05) is 23.7 Å². The van der Waals surface area contributed by atoms with Gasteiger partial charge in [-0.3, -0.25) is 0 Å². The third-order valence-electron chi connectivity index (χ3n) is 3.51. The molecule has 7 N–H and O–H groups in total. The van der Waals surface area contributed by atoms with Crippen molar-refractivity contribution in [3.05, 3.63) is 47.1 Å². The molecule has 0 amide bonds. The molecule has 3 aromatic rings. The molecular weight excluding hydrogens is 340 g/mol. The predicted molar refractivity (Wildman–Crippen MR) is 99.9 cm³/mol. The van der Waals surface area contributed by atoms with Gasteiger partial charge in [0.2, 0.25) is 11.9 Å². The summed E-state index contributed by atoms with van der Waals surface area (Å²) in [5.41, 5.74) is 19.7. The zero-order valence-corrected chi connectivity index (χ0v) is 14.0. The molecule has 0 fully saturated rings. The molecule has 0 atom stereocenters. The van der Waals surface area contributed by atoms with E-state index in [2.05, 4.69) is 25.3 Å².